The fourth-order valence-corrected chi connectivity index (χ4v) is 4.47. The molecule has 3 nitrogen and oxygen atoms in total. The number of halogens is 1. The average molecular weight is 371 g/mol. The summed E-state index contributed by atoms with van der Waals surface area (Å²) in [4.78, 5) is 12.8. The first-order chi connectivity index (χ1) is 12.3. The first-order valence-corrected chi connectivity index (χ1v) is 9.43. The van der Waals surface area contributed by atoms with Crippen molar-refractivity contribution >= 4 is 18.3 Å². The van der Waals surface area contributed by atoms with Crippen LogP contribution in [-0.4, -0.2) is 18.0 Å². The van der Waals surface area contributed by atoms with Crippen LogP contribution in [0.25, 0.3) is 0 Å². The van der Waals surface area contributed by atoms with E-state index in [0.717, 1.165) is 24.0 Å². The van der Waals surface area contributed by atoms with E-state index in [1.54, 1.807) is 0 Å². The maximum Gasteiger partial charge on any atom is 0.221 e. The van der Waals surface area contributed by atoms with Crippen LogP contribution in [0.5, 0.6) is 0 Å². The largest absolute Gasteiger partial charge is 0.345 e. The molecule has 0 aromatic heterocycles. The molecule has 1 amide bonds. The molecule has 2 saturated heterocycles. The standard InChI is InChI=1S/C22H26N2O.ClH/c25-21(15-16-13-19-11-12-20(14-16)23-19)24-22(17-7-3-1-4-8-17)18-9-5-2-6-10-18;/h1-10,16,19-20,22-23H,11-15H2,(H,24,25);1H. The van der Waals surface area contributed by atoms with Crippen LogP contribution < -0.4 is 10.6 Å². The Labute approximate surface area is 162 Å². The maximum absolute atomic E-state index is 12.8. The second-order valence-electron chi connectivity index (χ2n) is 7.50. The smallest absolute Gasteiger partial charge is 0.221 e. The van der Waals surface area contributed by atoms with Gasteiger partial charge in [-0.3, -0.25) is 4.79 Å². The minimum absolute atomic E-state index is 0. The zero-order valence-electron chi connectivity index (χ0n) is 14.9. The lowest BCUT2D eigenvalue weighted by Crippen LogP contribution is -2.40. The van der Waals surface area contributed by atoms with Gasteiger partial charge in [0.05, 0.1) is 6.04 Å². The molecule has 2 aliphatic rings. The van der Waals surface area contributed by atoms with Crippen molar-refractivity contribution in [1.29, 1.82) is 0 Å². The number of amides is 1. The molecule has 0 saturated carbocycles. The summed E-state index contributed by atoms with van der Waals surface area (Å²) in [6, 6.07) is 21.7. The van der Waals surface area contributed by atoms with Gasteiger partial charge in [0, 0.05) is 18.5 Å². The van der Waals surface area contributed by atoms with E-state index in [-0.39, 0.29) is 24.4 Å². The molecule has 2 N–H and O–H groups in total. The molecule has 2 heterocycles. The highest BCUT2D eigenvalue weighted by molar-refractivity contribution is 5.85. The van der Waals surface area contributed by atoms with Crippen molar-refractivity contribution in [2.45, 2.75) is 50.2 Å². The van der Waals surface area contributed by atoms with Crippen LogP contribution in [0.2, 0.25) is 0 Å². The summed E-state index contributed by atoms with van der Waals surface area (Å²) in [6.45, 7) is 0. The minimum atomic E-state index is -0.0756. The second kappa shape index (κ2) is 8.70. The second-order valence-corrected chi connectivity index (χ2v) is 7.50. The fourth-order valence-electron chi connectivity index (χ4n) is 4.47. The van der Waals surface area contributed by atoms with E-state index in [9.17, 15) is 4.79 Å². The van der Waals surface area contributed by atoms with Crippen LogP contribution in [0, 0.1) is 5.92 Å². The van der Waals surface area contributed by atoms with E-state index in [1.165, 1.54) is 12.8 Å². The normalized spacial score (nSPS) is 24.1. The summed E-state index contributed by atoms with van der Waals surface area (Å²) in [5.41, 5.74) is 2.26. The van der Waals surface area contributed by atoms with Gasteiger partial charge in [-0.05, 0) is 42.7 Å². The summed E-state index contributed by atoms with van der Waals surface area (Å²) in [5, 5.41) is 6.94. The van der Waals surface area contributed by atoms with Crippen LogP contribution in [-0.2, 0) is 4.79 Å². The number of hydrogen-bond donors (Lipinski definition) is 2. The highest BCUT2D eigenvalue weighted by atomic mass is 35.5. The van der Waals surface area contributed by atoms with Gasteiger partial charge >= 0.3 is 0 Å². The highest BCUT2D eigenvalue weighted by Crippen LogP contribution is 2.33. The topological polar surface area (TPSA) is 41.1 Å². The third-order valence-corrected chi connectivity index (χ3v) is 5.62. The Morgan fingerprint density at radius 3 is 1.92 bits per heavy atom. The molecule has 0 aliphatic carbocycles. The van der Waals surface area contributed by atoms with Gasteiger partial charge in [0.2, 0.25) is 5.91 Å². The van der Waals surface area contributed by atoms with E-state index in [2.05, 4.69) is 34.9 Å². The van der Waals surface area contributed by atoms with Crippen LogP contribution in [0.15, 0.2) is 60.7 Å². The number of hydrogen-bond acceptors (Lipinski definition) is 2. The van der Waals surface area contributed by atoms with Crippen molar-refractivity contribution in [1.82, 2.24) is 10.6 Å². The Hall–Kier alpha value is -1.84. The third-order valence-electron chi connectivity index (χ3n) is 5.62. The van der Waals surface area contributed by atoms with Gasteiger partial charge in [-0.25, -0.2) is 0 Å². The molecule has 2 unspecified atom stereocenters. The Morgan fingerprint density at radius 1 is 0.923 bits per heavy atom. The monoisotopic (exact) mass is 370 g/mol. The number of benzene rings is 2. The summed E-state index contributed by atoms with van der Waals surface area (Å²) in [5.74, 6) is 0.690. The lowest BCUT2D eigenvalue weighted by atomic mass is 9.89. The van der Waals surface area contributed by atoms with Gasteiger partial charge in [0.1, 0.15) is 0 Å². The molecule has 2 aliphatic heterocycles. The van der Waals surface area contributed by atoms with Gasteiger partial charge in [-0.1, -0.05) is 60.7 Å². The Bertz CT molecular complexity index is 655. The molecule has 0 radical (unpaired) electrons. The molecule has 26 heavy (non-hydrogen) atoms. The molecule has 2 aromatic carbocycles. The van der Waals surface area contributed by atoms with E-state index >= 15 is 0 Å². The van der Waals surface area contributed by atoms with Gasteiger partial charge < -0.3 is 10.6 Å². The van der Waals surface area contributed by atoms with Gasteiger partial charge in [-0.15, -0.1) is 12.4 Å². The summed E-state index contributed by atoms with van der Waals surface area (Å²) >= 11 is 0. The number of rotatable bonds is 5. The van der Waals surface area contributed by atoms with E-state index < -0.39 is 0 Å². The molecule has 0 spiro atoms. The number of carbonyl (C=O) groups is 1. The van der Waals surface area contributed by atoms with E-state index in [1.807, 2.05) is 36.4 Å². The van der Waals surface area contributed by atoms with Crippen molar-refractivity contribution < 1.29 is 4.79 Å². The van der Waals surface area contributed by atoms with Gasteiger partial charge in [0.15, 0.2) is 0 Å². The number of nitrogens with one attached hydrogen (secondary N) is 2. The molecular formula is C22H27ClN2O. The first-order valence-electron chi connectivity index (χ1n) is 9.43. The predicted octanol–water partition coefficient (Wildman–Crippen LogP) is 4.23. The van der Waals surface area contributed by atoms with Crippen molar-refractivity contribution in [3.63, 3.8) is 0 Å². The van der Waals surface area contributed by atoms with Crippen molar-refractivity contribution in [2.24, 2.45) is 5.92 Å². The zero-order chi connectivity index (χ0) is 17.1. The number of fused-ring (bicyclic) bond motifs is 2. The molecule has 4 heteroatoms. The van der Waals surface area contributed by atoms with Gasteiger partial charge in [0.25, 0.3) is 0 Å². The molecule has 2 atom stereocenters. The quantitative estimate of drug-likeness (QED) is 0.826. The fraction of sp³-hybridized carbons (Fsp3) is 0.409. The predicted molar refractivity (Wildman–Crippen MR) is 107 cm³/mol. The van der Waals surface area contributed by atoms with Crippen molar-refractivity contribution in [2.75, 3.05) is 0 Å². The SMILES string of the molecule is Cl.O=C(CC1CC2CCC(C1)N2)NC(c1ccccc1)c1ccccc1. The average Bonchev–Trinajstić information content (AvgIpc) is 2.99. The van der Waals surface area contributed by atoms with Crippen LogP contribution in [0.4, 0.5) is 0 Å². The number of piperidine rings is 1. The van der Waals surface area contributed by atoms with E-state index in [4.69, 9.17) is 0 Å². The summed E-state index contributed by atoms with van der Waals surface area (Å²) in [6.07, 6.45) is 5.49. The minimum Gasteiger partial charge on any atom is -0.345 e. The Kier molecular flexibility index (Phi) is 6.33. The van der Waals surface area contributed by atoms with Crippen molar-refractivity contribution in [3.05, 3.63) is 71.8 Å². The molecule has 4 rings (SSSR count). The Morgan fingerprint density at radius 2 is 1.42 bits per heavy atom. The van der Waals surface area contributed by atoms with E-state index in [0.29, 0.717) is 24.4 Å². The molecule has 138 valence electrons. The van der Waals surface area contributed by atoms with Crippen LogP contribution >= 0.6 is 12.4 Å². The summed E-state index contributed by atoms with van der Waals surface area (Å²) < 4.78 is 0. The molecule has 2 bridgehead atoms. The lowest BCUT2D eigenvalue weighted by Gasteiger charge is -2.29. The van der Waals surface area contributed by atoms with Crippen LogP contribution in [0.1, 0.15) is 49.3 Å². The Balaban J connectivity index is 0.00000196. The van der Waals surface area contributed by atoms with Crippen LogP contribution in [0.3, 0.4) is 0 Å². The molecule has 2 fully saturated rings. The first kappa shape index (κ1) is 18.9. The molecule has 2 aromatic rings. The highest BCUT2D eigenvalue weighted by Gasteiger charge is 2.34. The lowest BCUT2D eigenvalue weighted by molar-refractivity contribution is -0.122. The summed E-state index contributed by atoms with van der Waals surface area (Å²) in [7, 11) is 0. The number of carbonyl (C=O) groups excluding carboxylic acids is 1. The van der Waals surface area contributed by atoms with Gasteiger partial charge in [-0.2, -0.15) is 0 Å². The third kappa shape index (κ3) is 4.46. The van der Waals surface area contributed by atoms with Crippen molar-refractivity contribution in [3.8, 4) is 0 Å². The maximum atomic E-state index is 12.8. The molecular weight excluding hydrogens is 344 g/mol. The zero-order valence-corrected chi connectivity index (χ0v) is 15.8.